The van der Waals surface area contributed by atoms with Crippen LogP contribution in [0.15, 0.2) is 6.07 Å². The number of carboxylic acid groups (broad SMARTS) is 1. The van der Waals surface area contributed by atoms with E-state index >= 15 is 0 Å². The summed E-state index contributed by atoms with van der Waals surface area (Å²) < 4.78 is 0. The average molecular weight is 320 g/mol. The molecule has 0 aliphatic carbocycles. The van der Waals surface area contributed by atoms with Crippen molar-refractivity contribution in [2.45, 2.75) is 46.1 Å². The molecule has 0 bridgehead atoms. The first-order valence-corrected chi connectivity index (χ1v) is 7.52. The third-order valence-electron chi connectivity index (χ3n) is 4.38. The van der Waals surface area contributed by atoms with Gasteiger partial charge in [-0.25, -0.2) is 0 Å². The fraction of sp³-hybridized carbons (Fsp3) is 0.500. The first kappa shape index (κ1) is 16.9. The Labute approximate surface area is 134 Å². The Bertz CT molecular complexity index is 684. The number of carboxylic acids is 1. The summed E-state index contributed by atoms with van der Waals surface area (Å²) in [5.41, 5.74) is 1.81. The monoisotopic (exact) mass is 320 g/mol. The van der Waals surface area contributed by atoms with Crippen LogP contribution in [0.4, 0.5) is 5.69 Å². The molecule has 1 amide bonds. The summed E-state index contributed by atoms with van der Waals surface area (Å²) in [4.78, 5) is 36.2. The van der Waals surface area contributed by atoms with Crippen LogP contribution in [0.5, 0.6) is 0 Å². The van der Waals surface area contributed by atoms with Crippen molar-refractivity contribution in [1.29, 1.82) is 0 Å². The van der Waals surface area contributed by atoms with Crippen LogP contribution in [0.2, 0.25) is 0 Å². The molecular formula is C16H20N2O5. The van der Waals surface area contributed by atoms with Crippen LogP contribution in [0.25, 0.3) is 0 Å². The summed E-state index contributed by atoms with van der Waals surface area (Å²) >= 11 is 0. The molecule has 124 valence electrons. The Morgan fingerprint density at radius 1 is 1.35 bits per heavy atom. The van der Waals surface area contributed by atoms with E-state index in [1.165, 1.54) is 0 Å². The minimum atomic E-state index is -0.946. The molecule has 0 radical (unpaired) electrons. The molecule has 1 saturated heterocycles. The summed E-state index contributed by atoms with van der Waals surface area (Å²) in [6, 6.07) is 1.29. The van der Waals surface area contributed by atoms with Gasteiger partial charge in [-0.1, -0.05) is 0 Å². The van der Waals surface area contributed by atoms with E-state index in [1.807, 2.05) is 0 Å². The van der Waals surface area contributed by atoms with E-state index in [9.17, 15) is 19.7 Å². The number of hydrogen-bond donors (Lipinski definition) is 1. The molecular weight excluding hydrogens is 300 g/mol. The second kappa shape index (κ2) is 6.36. The third-order valence-corrected chi connectivity index (χ3v) is 4.38. The van der Waals surface area contributed by atoms with Gasteiger partial charge >= 0.3 is 5.97 Å². The van der Waals surface area contributed by atoms with Crippen molar-refractivity contribution in [2.24, 2.45) is 0 Å². The molecule has 1 aliphatic heterocycles. The van der Waals surface area contributed by atoms with Crippen LogP contribution in [-0.4, -0.2) is 39.4 Å². The first-order valence-electron chi connectivity index (χ1n) is 7.52. The van der Waals surface area contributed by atoms with Crippen molar-refractivity contribution in [3.63, 3.8) is 0 Å². The second-order valence-corrected chi connectivity index (χ2v) is 6.01. The molecule has 0 aromatic heterocycles. The van der Waals surface area contributed by atoms with Crippen LogP contribution >= 0.6 is 0 Å². The number of nitrogens with zero attached hydrogens (tertiary/aromatic N) is 2. The van der Waals surface area contributed by atoms with E-state index in [0.717, 1.165) is 6.42 Å². The molecule has 1 heterocycles. The van der Waals surface area contributed by atoms with Crippen molar-refractivity contribution < 1.29 is 19.6 Å². The molecule has 7 nitrogen and oxygen atoms in total. The lowest BCUT2D eigenvalue weighted by Gasteiger charge is -2.25. The molecule has 0 spiro atoms. The molecule has 2 rings (SSSR count). The van der Waals surface area contributed by atoms with E-state index in [0.29, 0.717) is 35.2 Å². The van der Waals surface area contributed by atoms with Crippen LogP contribution in [0.3, 0.4) is 0 Å². The summed E-state index contributed by atoms with van der Waals surface area (Å²) in [7, 11) is 0. The molecule has 1 unspecified atom stereocenters. The number of rotatable bonds is 4. The predicted molar refractivity (Wildman–Crippen MR) is 83.6 cm³/mol. The van der Waals surface area contributed by atoms with Crippen LogP contribution < -0.4 is 0 Å². The van der Waals surface area contributed by atoms with E-state index in [-0.39, 0.29) is 24.1 Å². The van der Waals surface area contributed by atoms with Gasteiger partial charge in [0.05, 0.1) is 16.9 Å². The fourth-order valence-electron chi connectivity index (χ4n) is 3.45. The van der Waals surface area contributed by atoms with Gasteiger partial charge in [-0.15, -0.1) is 0 Å². The van der Waals surface area contributed by atoms with Gasteiger partial charge in [0.25, 0.3) is 11.6 Å². The van der Waals surface area contributed by atoms with Gasteiger partial charge in [0.1, 0.15) is 0 Å². The van der Waals surface area contributed by atoms with Gasteiger partial charge in [-0.3, -0.25) is 19.7 Å². The fourth-order valence-corrected chi connectivity index (χ4v) is 3.45. The van der Waals surface area contributed by atoms with E-state index in [2.05, 4.69) is 0 Å². The zero-order valence-electron chi connectivity index (χ0n) is 13.5. The highest BCUT2D eigenvalue weighted by atomic mass is 16.6. The van der Waals surface area contributed by atoms with Crippen molar-refractivity contribution in [2.75, 3.05) is 6.54 Å². The van der Waals surface area contributed by atoms with E-state index < -0.39 is 10.9 Å². The Morgan fingerprint density at radius 2 is 2.00 bits per heavy atom. The van der Waals surface area contributed by atoms with Crippen molar-refractivity contribution in [3.8, 4) is 0 Å². The molecule has 1 aromatic carbocycles. The minimum absolute atomic E-state index is 0.0482. The number of carbonyl (C=O) groups excluding carboxylic acids is 1. The molecule has 23 heavy (non-hydrogen) atoms. The van der Waals surface area contributed by atoms with Gasteiger partial charge in [0.2, 0.25) is 0 Å². The molecule has 1 atom stereocenters. The highest BCUT2D eigenvalue weighted by Gasteiger charge is 2.34. The Kier molecular flexibility index (Phi) is 4.68. The standard InChI is InChI=1S/C16H20N2O5/c1-9-7-10(2)15(18(22)23)11(3)14(9)16(21)17-6-4-5-12(17)8-13(19)20/h7,12H,4-6,8H2,1-3H3,(H,19,20). The highest BCUT2D eigenvalue weighted by Crippen LogP contribution is 2.31. The van der Waals surface area contributed by atoms with E-state index in [1.54, 1.807) is 31.7 Å². The molecule has 7 heteroatoms. The molecule has 1 aromatic rings. The van der Waals surface area contributed by atoms with Gasteiger partial charge in [-0.2, -0.15) is 0 Å². The highest BCUT2D eigenvalue weighted by molar-refractivity contribution is 5.99. The molecule has 1 fully saturated rings. The largest absolute Gasteiger partial charge is 0.481 e. The molecule has 1 aliphatic rings. The predicted octanol–water partition coefficient (Wildman–Crippen LogP) is 2.60. The van der Waals surface area contributed by atoms with Crippen LogP contribution in [-0.2, 0) is 4.79 Å². The van der Waals surface area contributed by atoms with Gasteiger partial charge in [0, 0.05) is 23.7 Å². The summed E-state index contributed by atoms with van der Waals surface area (Å²) in [5, 5.41) is 20.2. The lowest BCUT2D eigenvalue weighted by atomic mass is 9.96. The average Bonchev–Trinajstić information content (AvgIpc) is 2.84. The van der Waals surface area contributed by atoms with Crippen molar-refractivity contribution in [1.82, 2.24) is 4.90 Å². The molecule has 1 N–H and O–H groups in total. The second-order valence-electron chi connectivity index (χ2n) is 6.01. The zero-order chi connectivity index (χ0) is 17.3. The number of aryl methyl sites for hydroxylation is 2. The number of nitro benzene ring substituents is 1. The van der Waals surface area contributed by atoms with Gasteiger partial charge in [-0.05, 0) is 45.2 Å². The van der Waals surface area contributed by atoms with Gasteiger partial charge in [0.15, 0.2) is 0 Å². The summed E-state index contributed by atoms with van der Waals surface area (Å²) in [5.74, 6) is -1.26. The maximum Gasteiger partial charge on any atom is 0.305 e. The minimum Gasteiger partial charge on any atom is -0.481 e. The normalized spacial score (nSPS) is 17.3. The molecule has 0 saturated carbocycles. The number of amides is 1. The third kappa shape index (κ3) is 3.18. The number of aliphatic carboxylic acids is 1. The Hall–Kier alpha value is -2.44. The Morgan fingerprint density at radius 3 is 2.57 bits per heavy atom. The van der Waals surface area contributed by atoms with E-state index in [4.69, 9.17) is 5.11 Å². The first-order chi connectivity index (χ1) is 10.7. The SMILES string of the molecule is Cc1cc(C)c([N+](=O)[O-])c(C)c1C(=O)N1CCCC1CC(=O)O. The summed E-state index contributed by atoms with van der Waals surface area (Å²) in [6.45, 7) is 5.46. The number of carbonyl (C=O) groups is 2. The number of benzene rings is 1. The number of likely N-dealkylation sites (tertiary alicyclic amines) is 1. The number of nitro groups is 1. The maximum absolute atomic E-state index is 12.9. The van der Waals surface area contributed by atoms with Crippen molar-refractivity contribution in [3.05, 3.63) is 38.4 Å². The smallest absolute Gasteiger partial charge is 0.305 e. The van der Waals surface area contributed by atoms with Gasteiger partial charge < -0.3 is 10.0 Å². The lowest BCUT2D eigenvalue weighted by Crippen LogP contribution is -2.37. The maximum atomic E-state index is 12.9. The quantitative estimate of drug-likeness (QED) is 0.679. The number of hydrogen-bond acceptors (Lipinski definition) is 4. The zero-order valence-corrected chi connectivity index (χ0v) is 13.5. The van der Waals surface area contributed by atoms with Crippen LogP contribution in [0.1, 0.15) is 46.3 Å². The van der Waals surface area contributed by atoms with Crippen LogP contribution in [0, 0.1) is 30.9 Å². The topological polar surface area (TPSA) is 101 Å². The summed E-state index contributed by atoms with van der Waals surface area (Å²) in [6.07, 6.45) is 1.29. The van der Waals surface area contributed by atoms with Crippen molar-refractivity contribution >= 4 is 17.6 Å². The lowest BCUT2D eigenvalue weighted by molar-refractivity contribution is -0.386. The Balaban J connectivity index is 2.45.